The molecule has 2 aliphatic rings. The van der Waals surface area contributed by atoms with Gasteiger partial charge < -0.3 is 15.0 Å². The SMILES string of the molecule is CCN1C[C@@H](NC(=O)Nc2c(C)c(OC3CCN(C)CC3)nn2-c2ccccc2)CO1. The molecule has 0 aliphatic carbocycles. The highest BCUT2D eigenvalue weighted by atomic mass is 16.7. The van der Waals surface area contributed by atoms with Gasteiger partial charge in [0.25, 0.3) is 0 Å². The number of anilines is 1. The van der Waals surface area contributed by atoms with Crippen LogP contribution in [0.4, 0.5) is 10.6 Å². The van der Waals surface area contributed by atoms with Crippen LogP contribution >= 0.6 is 0 Å². The second-order valence-electron chi connectivity index (χ2n) is 8.22. The minimum Gasteiger partial charge on any atom is -0.473 e. The lowest BCUT2D eigenvalue weighted by molar-refractivity contribution is -0.105. The highest BCUT2D eigenvalue weighted by molar-refractivity contribution is 5.90. The molecule has 2 saturated heterocycles. The Kier molecular flexibility index (Phi) is 6.74. The number of carbonyl (C=O) groups is 1. The third kappa shape index (κ3) is 5.17. The summed E-state index contributed by atoms with van der Waals surface area (Å²) in [7, 11) is 2.13. The van der Waals surface area contributed by atoms with Crippen LogP contribution in [-0.2, 0) is 4.84 Å². The lowest BCUT2D eigenvalue weighted by Gasteiger charge is -2.28. The van der Waals surface area contributed by atoms with Gasteiger partial charge in [-0.3, -0.25) is 10.2 Å². The third-order valence-corrected chi connectivity index (χ3v) is 5.83. The first-order valence-corrected chi connectivity index (χ1v) is 11.0. The predicted molar refractivity (Wildman–Crippen MR) is 119 cm³/mol. The molecule has 0 radical (unpaired) electrons. The summed E-state index contributed by atoms with van der Waals surface area (Å²) >= 11 is 0. The van der Waals surface area contributed by atoms with E-state index in [0.29, 0.717) is 24.8 Å². The maximum Gasteiger partial charge on any atom is 0.320 e. The van der Waals surface area contributed by atoms with Crippen molar-refractivity contribution in [2.45, 2.75) is 38.8 Å². The highest BCUT2D eigenvalue weighted by Crippen LogP contribution is 2.30. The number of ether oxygens (including phenoxy) is 1. The second kappa shape index (κ2) is 9.67. The molecule has 168 valence electrons. The first-order chi connectivity index (χ1) is 15.0. The summed E-state index contributed by atoms with van der Waals surface area (Å²) < 4.78 is 8.00. The summed E-state index contributed by atoms with van der Waals surface area (Å²) in [6, 6.07) is 9.43. The Morgan fingerprint density at radius 2 is 2.00 bits per heavy atom. The van der Waals surface area contributed by atoms with Gasteiger partial charge in [0.15, 0.2) is 0 Å². The van der Waals surface area contributed by atoms with Crippen molar-refractivity contribution in [3.8, 4) is 11.6 Å². The smallest absolute Gasteiger partial charge is 0.320 e. The van der Waals surface area contributed by atoms with Crippen molar-refractivity contribution in [3.63, 3.8) is 0 Å². The Balaban J connectivity index is 1.52. The van der Waals surface area contributed by atoms with Crippen molar-refractivity contribution < 1.29 is 14.4 Å². The van der Waals surface area contributed by atoms with E-state index in [9.17, 15) is 4.79 Å². The van der Waals surface area contributed by atoms with Gasteiger partial charge in [0.05, 0.1) is 23.9 Å². The Labute approximate surface area is 183 Å². The van der Waals surface area contributed by atoms with Crippen LogP contribution in [0.3, 0.4) is 0 Å². The van der Waals surface area contributed by atoms with Crippen LogP contribution in [0.5, 0.6) is 5.88 Å². The number of hydroxylamine groups is 2. The molecule has 4 rings (SSSR count). The zero-order valence-electron chi connectivity index (χ0n) is 18.5. The van der Waals surface area contributed by atoms with Crippen molar-refractivity contribution in [3.05, 3.63) is 35.9 Å². The van der Waals surface area contributed by atoms with Gasteiger partial charge in [0.2, 0.25) is 5.88 Å². The number of likely N-dealkylation sites (N-methyl/N-ethyl adjacent to an activating group) is 1. The summed E-state index contributed by atoms with van der Waals surface area (Å²) in [5, 5.41) is 12.5. The van der Waals surface area contributed by atoms with Crippen molar-refractivity contribution in [2.75, 3.05) is 45.2 Å². The highest BCUT2D eigenvalue weighted by Gasteiger charge is 2.27. The number of amides is 2. The Morgan fingerprint density at radius 1 is 1.26 bits per heavy atom. The summed E-state index contributed by atoms with van der Waals surface area (Å²) in [4.78, 5) is 20.6. The molecular formula is C22H32N6O3. The number of aromatic nitrogens is 2. The van der Waals surface area contributed by atoms with E-state index >= 15 is 0 Å². The van der Waals surface area contributed by atoms with E-state index in [1.807, 2.05) is 49.2 Å². The van der Waals surface area contributed by atoms with Crippen LogP contribution < -0.4 is 15.4 Å². The maximum absolute atomic E-state index is 12.8. The molecular weight excluding hydrogens is 396 g/mol. The molecule has 2 aromatic rings. The van der Waals surface area contributed by atoms with E-state index in [1.54, 1.807) is 4.68 Å². The number of likely N-dealkylation sites (tertiary alicyclic amines) is 1. The first-order valence-electron chi connectivity index (χ1n) is 11.0. The molecule has 1 aromatic heterocycles. The lowest BCUT2D eigenvalue weighted by atomic mass is 10.1. The number of carbonyl (C=O) groups excluding carboxylic acids is 1. The molecule has 3 heterocycles. The van der Waals surface area contributed by atoms with Crippen molar-refractivity contribution in [2.24, 2.45) is 0 Å². The number of hydrogen-bond acceptors (Lipinski definition) is 6. The van der Waals surface area contributed by atoms with E-state index in [-0.39, 0.29) is 18.2 Å². The second-order valence-corrected chi connectivity index (χ2v) is 8.22. The molecule has 2 amide bonds. The van der Waals surface area contributed by atoms with E-state index < -0.39 is 0 Å². The fourth-order valence-electron chi connectivity index (χ4n) is 3.93. The first kappa shape index (κ1) is 21.6. The molecule has 0 spiro atoms. The minimum atomic E-state index is -0.280. The third-order valence-electron chi connectivity index (χ3n) is 5.83. The van der Waals surface area contributed by atoms with Gasteiger partial charge in [0, 0.05) is 26.2 Å². The van der Waals surface area contributed by atoms with Gasteiger partial charge in [-0.05, 0) is 38.9 Å². The largest absolute Gasteiger partial charge is 0.473 e. The number of urea groups is 1. The Hall–Kier alpha value is -2.62. The van der Waals surface area contributed by atoms with E-state index in [4.69, 9.17) is 14.7 Å². The van der Waals surface area contributed by atoms with Gasteiger partial charge in [-0.25, -0.2) is 9.48 Å². The Bertz CT molecular complexity index is 879. The van der Waals surface area contributed by atoms with E-state index in [2.05, 4.69) is 22.6 Å². The number of nitrogens with one attached hydrogen (secondary N) is 2. The fraction of sp³-hybridized carbons (Fsp3) is 0.545. The van der Waals surface area contributed by atoms with Crippen molar-refractivity contribution in [1.82, 2.24) is 25.1 Å². The van der Waals surface area contributed by atoms with Crippen LogP contribution in [0.25, 0.3) is 5.69 Å². The number of benzene rings is 1. The van der Waals surface area contributed by atoms with Gasteiger partial charge in [-0.1, -0.05) is 25.1 Å². The van der Waals surface area contributed by atoms with Gasteiger partial charge in [0.1, 0.15) is 11.9 Å². The van der Waals surface area contributed by atoms with Gasteiger partial charge >= 0.3 is 6.03 Å². The van der Waals surface area contributed by atoms with Crippen LogP contribution in [0, 0.1) is 6.92 Å². The number of nitrogens with zero attached hydrogens (tertiary/aromatic N) is 4. The fourth-order valence-corrected chi connectivity index (χ4v) is 3.93. The van der Waals surface area contributed by atoms with E-state index in [0.717, 1.165) is 43.7 Å². The molecule has 9 nitrogen and oxygen atoms in total. The monoisotopic (exact) mass is 428 g/mol. The number of hydrogen-bond donors (Lipinski definition) is 2. The zero-order chi connectivity index (χ0) is 21.8. The van der Waals surface area contributed by atoms with Crippen LogP contribution in [0.2, 0.25) is 0 Å². The molecule has 2 fully saturated rings. The molecule has 2 aliphatic heterocycles. The molecule has 0 saturated carbocycles. The average molecular weight is 429 g/mol. The summed E-state index contributed by atoms with van der Waals surface area (Å²) in [5.74, 6) is 1.17. The van der Waals surface area contributed by atoms with Gasteiger partial charge in [-0.15, -0.1) is 5.10 Å². The lowest BCUT2D eigenvalue weighted by Crippen LogP contribution is -2.41. The standard InChI is InChI=1S/C22H32N6O3/c1-4-27-14-17(15-30-27)23-22(29)24-20-16(2)21(31-19-10-12-26(3)13-11-19)25-28(20)18-8-6-5-7-9-18/h5-9,17,19H,4,10-15H2,1-3H3,(H2,23,24,29)/t17-/m1/s1. The van der Waals surface area contributed by atoms with Crippen LogP contribution in [0.15, 0.2) is 30.3 Å². The van der Waals surface area contributed by atoms with Crippen molar-refractivity contribution in [1.29, 1.82) is 0 Å². The number of piperidine rings is 1. The molecule has 9 heteroatoms. The quantitative estimate of drug-likeness (QED) is 0.735. The topological polar surface area (TPSA) is 83.9 Å². The van der Waals surface area contributed by atoms with Crippen molar-refractivity contribution >= 4 is 11.8 Å². The summed E-state index contributed by atoms with van der Waals surface area (Å²) in [5.41, 5.74) is 1.68. The minimum absolute atomic E-state index is 0.0525. The molecule has 1 atom stereocenters. The van der Waals surface area contributed by atoms with Crippen LogP contribution in [0.1, 0.15) is 25.3 Å². The normalized spacial score (nSPS) is 20.7. The Morgan fingerprint density at radius 3 is 2.68 bits per heavy atom. The van der Waals surface area contributed by atoms with E-state index in [1.165, 1.54) is 0 Å². The number of para-hydroxylation sites is 1. The number of rotatable bonds is 6. The van der Waals surface area contributed by atoms with Crippen LogP contribution in [-0.4, -0.2) is 77.8 Å². The van der Waals surface area contributed by atoms with Gasteiger partial charge in [-0.2, -0.15) is 5.06 Å². The molecule has 0 bridgehead atoms. The average Bonchev–Trinajstić information content (AvgIpc) is 3.35. The molecule has 0 unspecified atom stereocenters. The molecule has 31 heavy (non-hydrogen) atoms. The maximum atomic E-state index is 12.8. The summed E-state index contributed by atoms with van der Waals surface area (Å²) in [6.07, 6.45) is 2.06. The zero-order valence-corrected chi connectivity index (χ0v) is 18.5. The molecule has 1 aromatic carbocycles. The molecule has 2 N–H and O–H groups in total. The predicted octanol–water partition coefficient (Wildman–Crippen LogP) is 2.41. The summed E-state index contributed by atoms with van der Waals surface area (Å²) in [6.45, 7) is 7.91.